The van der Waals surface area contributed by atoms with Gasteiger partial charge in [0.05, 0.1) is 6.04 Å². The molecule has 20 heavy (non-hydrogen) atoms. The molecule has 1 aliphatic rings. The van der Waals surface area contributed by atoms with Crippen molar-refractivity contribution in [1.82, 2.24) is 20.6 Å². The van der Waals surface area contributed by atoms with Crippen molar-refractivity contribution in [2.75, 3.05) is 13.7 Å². The molecule has 0 amide bonds. The zero-order chi connectivity index (χ0) is 13.8. The number of hydrogen-bond acceptors (Lipinski definition) is 7. The van der Waals surface area contributed by atoms with Gasteiger partial charge < -0.3 is 19.1 Å². The van der Waals surface area contributed by atoms with Crippen molar-refractivity contribution in [2.45, 2.75) is 38.3 Å². The van der Waals surface area contributed by atoms with Gasteiger partial charge >= 0.3 is 0 Å². The maximum atomic E-state index is 5.27. The van der Waals surface area contributed by atoms with Crippen LogP contribution in [0.25, 0.3) is 11.6 Å². The zero-order valence-electron chi connectivity index (χ0n) is 11.5. The molecule has 7 heteroatoms. The second kappa shape index (κ2) is 6.15. The molecule has 1 unspecified atom stereocenters. The molecular weight excluding hydrogens is 260 g/mol. The monoisotopic (exact) mass is 278 g/mol. The van der Waals surface area contributed by atoms with Gasteiger partial charge in [-0.2, -0.15) is 4.98 Å². The van der Waals surface area contributed by atoms with Crippen molar-refractivity contribution in [1.29, 1.82) is 0 Å². The fourth-order valence-corrected chi connectivity index (χ4v) is 2.35. The Balaban J connectivity index is 1.74. The van der Waals surface area contributed by atoms with Crippen LogP contribution >= 0.6 is 0 Å². The molecule has 0 aliphatic carbocycles. The van der Waals surface area contributed by atoms with Crippen LogP contribution in [-0.2, 0) is 11.3 Å². The van der Waals surface area contributed by atoms with Gasteiger partial charge in [-0.1, -0.05) is 23.2 Å². The first kappa shape index (κ1) is 13.3. The predicted octanol–water partition coefficient (Wildman–Crippen LogP) is 2.08. The molecule has 1 fully saturated rings. The van der Waals surface area contributed by atoms with Crippen LogP contribution in [0.2, 0.25) is 0 Å². The van der Waals surface area contributed by atoms with Gasteiger partial charge in [-0.25, -0.2) is 0 Å². The molecule has 108 valence electrons. The minimum Gasteiger partial charge on any atom is -0.377 e. The Morgan fingerprint density at radius 3 is 3.15 bits per heavy atom. The lowest BCUT2D eigenvalue weighted by Gasteiger charge is -2.09. The Kier molecular flexibility index (Phi) is 4.08. The number of nitrogens with zero attached hydrogens (tertiary/aromatic N) is 3. The van der Waals surface area contributed by atoms with Gasteiger partial charge in [0, 0.05) is 13.2 Å². The van der Waals surface area contributed by atoms with Crippen molar-refractivity contribution >= 4 is 0 Å². The Bertz CT molecular complexity index is 543. The number of nitrogens with one attached hydrogen (secondary N) is 1. The van der Waals surface area contributed by atoms with E-state index in [-0.39, 0.29) is 6.04 Å². The summed E-state index contributed by atoms with van der Waals surface area (Å²) in [4.78, 5) is 4.42. The lowest BCUT2D eigenvalue weighted by molar-refractivity contribution is 0.156. The van der Waals surface area contributed by atoms with Crippen molar-refractivity contribution in [3.05, 3.63) is 17.7 Å². The second-order valence-corrected chi connectivity index (χ2v) is 4.93. The van der Waals surface area contributed by atoms with Crippen LogP contribution in [0, 0.1) is 0 Å². The standard InChI is InChI=1S/C13H18N4O3/c1-18-8-9-7-11(16-19-9)13-15-12(17-20-13)10-5-3-2-4-6-14-10/h7,10,14H,2-6,8H2,1H3. The Morgan fingerprint density at radius 1 is 1.30 bits per heavy atom. The van der Waals surface area contributed by atoms with Gasteiger partial charge in [0.2, 0.25) is 0 Å². The van der Waals surface area contributed by atoms with Crippen LogP contribution < -0.4 is 5.32 Å². The van der Waals surface area contributed by atoms with E-state index >= 15 is 0 Å². The van der Waals surface area contributed by atoms with Crippen LogP contribution in [0.1, 0.15) is 43.3 Å². The molecule has 0 aromatic carbocycles. The van der Waals surface area contributed by atoms with E-state index in [1.807, 2.05) is 0 Å². The van der Waals surface area contributed by atoms with Crippen molar-refractivity contribution < 1.29 is 13.8 Å². The van der Waals surface area contributed by atoms with E-state index in [1.165, 1.54) is 19.3 Å². The summed E-state index contributed by atoms with van der Waals surface area (Å²) in [5, 5.41) is 11.4. The average molecular weight is 278 g/mol. The third-order valence-electron chi connectivity index (χ3n) is 3.38. The summed E-state index contributed by atoms with van der Waals surface area (Å²) in [6.07, 6.45) is 4.67. The Hall–Kier alpha value is -1.73. The number of hydrogen-bond donors (Lipinski definition) is 1. The van der Waals surface area contributed by atoms with Crippen LogP contribution in [0.5, 0.6) is 0 Å². The molecule has 2 aromatic rings. The fraction of sp³-hybridized carbons (Fsp3) is 0.615. The summed E-state index contributed by atoms with van der Waals surface area (Å²) in [7, 11) is 1.60. The summed E-state index contributed by atoms with van der Waals surface area (Å²) in [6.45, 7) is 1.37. The number of rotatable bonds is 4. The van der Waals surface area contributed by atoms with Crippen LogP contribution in [0.15, 0.2) is 15.1 Å². The number of aromatic nitrogens is 3. The van der Waals surface area contributed by atoms with Gasteiger partial charge in [-0.05, 0) is 19.4 Å². The van der Waals surface area contributed by atoms with Gasteiger partial charge in [-0.15, -0.1) is 0 Å². The van der Waals surface area contributed by atoms with E-state index in [2.05, 4.69) is 20.6 Å². The van der Waals surface area contributed by atoms with Gasteiger partial charge in [0.1, 0.15) is 6.61 Å². The Morgan fingerprint density at radius 2 is 2.25 bits per heavy atom. The molecule has 1 saturated heterocycles. The lowest BCUT2D eigenvalue weighted by atomic mass is 10.1. The largest absolute Gasteiger partial charge is 0.377 e. The fourth-order valence-electron chi connectivity index (χ4n) is 2.35. The summed E-state index contributed by atoms with van der Waals surface area (Å²) >= 11 is 0. The van der Waals surface area contributed by atoms with E-state index in [0.717, 1.165) is 13.0 Å². The SMILES string of the molecule is COCc1cc(-c2nc(C3CCCCCN3)no2)no1. The van der Waals surface area contributed by atoms with Gasteiger partial charge in [-0.3, -0.25) is 0 Å². The minimum atomic E-state index is 0.167. The molecule has 0 spiro atoms. The molecule has 2 aromatic heterocycles. The summed E-state index contributed by atoms with van der Waals surface area (Å²) < 4.78 is 15.4. The molecule has 0 saturated carbocycles. The maximum Gasteiger partial charge on any atom is 0.280 e. The lowest BCUT2D eigenvalue weighted by Crippen LogP contribution is -2.21. The van der Waals surface area contributed by atoms with Crippen molar-refractivity contribution in [3.8, 4) is 11.6 Å². The van der Waals surface area contributed by atoms with Crippen molar-refractivity contribution in [3.63, 3.8) is 0 Å². The molecule has 1 N–H and O–H groups in total. The van der Waals surface area contributed by atoms with E-state index in [4.69, 9.17) is 13.8 Å². The molecular formula is C13H18N4O3. The first-order valence-corrected chi connectivity index (χ1v) is 6.88. The normalized spacial score (nSPS) is 19.9. The van der Waals surface area contributed by atoms with E-state index < -0.39 is 0 Å². The average Bonchev–Trinajstić information content (AvgIpc) is 3.03. The predicted molar refractivity (Wildman–Crippen MR) is 69.7 cm³/mol. The first-order chi connectivity index (χ1) is 9.86. The number of ether oxygens (including phenoxy) is 1. The highest BCUT2D eigenvalue weighted by Crippen LogP contribution is 2.23. The topological polar surface area (TPSA) is 86.2 Å². The molecule has 1 atom stereocenters. The smallest absolute Gasteiger partial charge is 0.280 e. The second-order valence-electron chi connectivity index (χ2n) is 4.93. The van der Waals surface area contributed by atoms with Gasteiger partial charge in [0.15, 0.2) is 17.3 Å². The number of methoxy groups -OCH3 is 1. The highest BCUT2D eigenvalue weighted by atomic mass is 16.5. The quantitative estimate of drug-likeness (QED) is 0.916. The van der Waals surface area contributed by atoms with Crippen molar-refractivity contribution in [2.24, 2.45) is 0 Å². The third-order valence-corrected chi connectivity index (χ3v) is 3.38. The first-order valence-electron chi connectivity index (χ1n) is 6.88. The summed E-state index contributed by atoms with van der Waals surface area (Å²) in [6, 6.07) is 1.92. The molecule has 0 radical (unpaired) electrons. The molecule has 1 aliphatic heterocycles. The van der Waals surface area contributed by atoms with Crippen LogP contribution in [0.4, 0.5) is 0 Å². The Labute approximate surface area is 116 Å². The maximum absolute atomic E-state index is 5.27. The molecule has 0 bridgehead atoms. The molecule has 7 nitrogen and oxygen atoms in total. The van der Waals surface area contributed by atoms with Gasteiger partial charge in [0.25, 0.3) is 5.89 Å². The highest BCUT2D eigenvalue weighted by Gasteiger charge is 2.21. The summed E-state index contributed by atoms with van der Waals surface area (Å²) in [5.41, 5.74) is 0.546. The van der Waals surface area contributed by atoms with E-state index in [0.29, 0.717) is 29.8 Å². The highest BCUT2D eigenvalue weighted by molar-refractivity contribution is 5.45. The van der Waals surface area contributed by atoms with E-state index in [1.54, 1.807) is 13.2 Å². The van der Waals surface area contributed by atoms with Crippen LogP contribution in [-0.4, -0.2) is 29.0 Å². The summed E-state index contributed by atoms with van der Waals surface area (Å²) in [5.74, 6) is 1.71. The van der Waals surface area contributed by atoms with E-state index in [9.17, 15) is 0 Å². The zero-order valence-corrected chi connectivity index (χ0v) is 11.5. The van der Waals surface area contributed by atoms with Crippen LogP contribution in [0.3, 0.4) is 0 Å². The minimum absolute atomic E-state index is 0.167. The third kappa shape index (κ3) is 2.88. The molecule has 3 rings (SSSR count). The molecule has 3 heterocycles.